The number of esters is 1. The third-order valence-corrected chi connectivity index (χ3v) is 8.93. The van der Waals surface area contributed by atoms with Gasteiger partial charge in [-0.15, -0.1) is 0 Å². The highest BCUT2D eigenvalue weighted by Gasteiger charge is 2.02. The molecule has 0 fully saturated rings. The van der Waals surface area contributed by atoms with Crippen LogP contribution in [-0.2, 0) is 14.3 Å². The molecule has 0 radical (unpaired) electrons. The van der Waals surface area contributed by atoms with Crippen molar-refractivity contribution in [2.75, 3.05) is 6.61 Å². The van der Waals surface area contributed by atoms with Gasteiger partial charge in [-0.1, -0.05) is 206 Å². The Hall–Kier alpha value is -1.58. The van der Waals surface area contributed by atoms with Crippen molar-refractivity contribution >= 4 is 11.9 Å². The maximum absolute atomic E-state index is 11.2. The first-order valence-electron chi connectivity index (χ1n) is 20.1. The number of hydrogen-bond acceptors (Lipinski definition) is 3. The van der Waals surface area contributed by atoms with E-state index in [0.717, 1.165) is 19.3 Å². The minimum absolute atomic E-state index is 0.254. The van der Waals surface area contributed by atoms with Crippen LogP contribution < -0.4 is 0 Å². The van der Waals surface area contributed by atoms with Gasteiger partial charge in [-0.05, 0) is 33.1 Å². The Bertz CT molecular complexity index is 696. The second-order valence-electron chi connectivity index (χ2n) is 13.8. The number of hydrogen-bond donors (Lipinski definition) is 1. The van der Waals surface area contributed by atoms with Crippen LogP contribution in [0.15, 0.2) is 23.8 Å². The largest absolute Gasteiger partial charge is 0.478 e. The molecular weight excluding hydrogens is 568 g/mol. The van der Waals surface area contributed by atoms with Crippen molar-refractivity contribution < 1.29 is 19.4 Å². The number of carboxylic acid groups (broad SMARTS) is 1. The first kappa shape index (κ1) is 46.5. The van der Waals surface area contributed by atoms with Crippen LogP contribution in [0.1, 0.15) is 227 Å². The monoisotopic (exact) mass is 649 g/mol. The molecule has 0 unspecified atom stereocenters. The van der Waals surface area contributed by atoms with Crippen LogP contribution in [0.25, 0.3) is 0 Å². The summed E-state index contributed by atoms with van der Waals surface area (Å²) in [4.78, 5) is 21.8. The zero-order valence-electron chi connectivity index (χ0n) is 31.6. The summed E-state index contributed by atoms with van der Waals surface area (Å²) in [5.41, 5.74) is 0.973. The maximum Gasteiger partial charge on any atom is 0.333 e. The molecule has 4 heteroatoms. The van der Waals surface area contributed by atoms with Gasteiger partial charge >= 0.3 is 11.9 Å². The Morgan fingerprint density at radius 3 is 1.07 bits per heavy atom. The predicted octanol–water partition coefficient (Wildman–Crippen LogP) is 14.3. The van der Waals surface area contributed by atoms with E-state index in [4.69, 9.17) is 9.84 Å². The molecule has 0 aliphatic carbocycles. The molecule has 0 aromatic carbocycles. The molecule has 46 heavy (non-hydrogen) atoms. The van der Waals surface area contributed by atoms with Gasteiger partial charge in [-0.25, -0.2) is 9.59 Å². The molecule has 0 aliphatic rings. The summed E-state index contributed by atoms with van der Waals surface area (Å²) in [5.74, 6) is -1.04. The van der Waals surface area contributed by atoms with Gasteiger partial charge in [0.1, 0.15) is 0 Å². The number of rotatable bonds is 34. The highest BCUT2D eigenvalue weighted by atomic mass is 16.5. The lowest BCUT2D eigenvalue weighted by molar-refractivity contribution is -0.139. The van der Waals surface area contributed by atoms with Crippen LogP contribution in [0.4, 0.5) is 0 Å². The fourth-order valence-corrected chi connectivity index (χ4v) is 5.68. The molecule has 0 aromatic rings. The normalized spacial score (nSPS) is 11.3. The Kier molecular flexibility index (Phi) is 40.1. The fraction of sp³-hybridized carbons (Fsp3) is 0.857. The van der Waals surface area contributed by atoms with Crippen molar-refractivity contribution in [1.29, 1.82) is 0 Å². The summed E-state index contributed by atoms with van der Waals surface area (Å²) in [6.07, 6.45) is 43.6. The molecule has 1 N–H and O–H groups in total. The SMILES string of the molecule is C=C(C)C(=O)OCCCCCCCCCCCCCCCCC.CCCCCCCCCCCCCCCCCC=C(C)C(=O)O. The molecule has 0 amide bonds. The van der Waals surface area contributed by atoms with Crippen LogP contribution in [0, 0.1) is 0 Å². The number of ether oxygens (including phenoxy) is 1. The van der Waals surface area contributed by atoms with Gasteiger partial charge in [0.15, 0.2) is 0 Å². The molecule has 0 aliphatic heterocycles. The van der Waals surface area contributed by atoms with E-state index >= 15 is 0 Å². The van der Waals surface area contributed by atoms with Gasteiger partial charge < -0.3 is 9.84 Å². The molecule has 0 saturated heterocycles. The molecule has 4 nitrogen and oxygen atoms in total. The van der Waals surface area contributed by atoms with Gasteiger partial charge in [0.05, 0.1) is 6.61 Å². The lowest BCUT2D eigenvalue weighted by Crippen LogP contribution is -2.05. The standard InChI is InChI=1S/2C21H40O2/c1-4-5-6-7-8-9-10-11-12-13-14-15-16-17-18-19-23-21(22)20(2)3;1-3-4-5-6-7-8-9-10-11-12-13-14-15-16-17-18-19-20(2)21(22)23/h2,4-19H2,1,3H3;19H,3-18H2,1-2H3,(H,22,23). The van der Waals surface area contributed by atoms with E-state index in [0.29, 0.717) is 17.8 Å². The van der Waals surface area contributed by atoms with Crippen molar-refractivity contribution in [3.8, 4) is 0 Å². The van der Waals surface area contributed by atoms with Gasteiger partial charge in [0.25, 0.3) is 0 Å². The van der Waals surface area contributed by atoms with Crippen molar-refractivity contribution in [2.24, 2.45) is 0 Å². The second kappa shape index (κ2) is 39.6. The Balaban J connectivity index is 0. The zero-order valence-corrected chi connectivity index (χ0v) is 31.6. The summed E-state index contributed by atoms with van der Waals surface area (Å²) in [5, 5.41) is 8.74. The van der Waals surface area contributed by atoms with Crippen molar-refractivity contribution in [1.82, 2.24) is 0 Å². The molecule has 0 heterocycles. The number of aliphatic carboxylic acids is 1. The van der Waals surface area contributed by atoms with E-state index in [1.54, 1.807) is 13.8 Å². The molecule has 0 bridgehead atoms. The summed E-state index contributed by atoms with van der Waals surface area (Å²) in [6.45, 7) is 12.0. The minimum atomic E-state index is -0.786. The number of carboxylic acids is 1. The topological polar surface area (TPSA) is 63.6 Å². The molecule has 0 atom stereocenters. The van der Waals surface area contributed by atoms with Crippen molar-refractivity contribution in [3.63, 3.8) is 0 Å². The first-order chi connectivity index (χ1) is 22.4. The lowest BCUT2D eigenvalue weighted by atomic mass is 10.0. The molecular formula is C42H80O4. The van der Waals surface area contributed by atoms with Crippen LogP contribution in [0.5, 0.6) is 0 Å². The first-order valence-corrected chi connectivity index (χ1v) is 20.1. The van der Waals surface area contributed by atoms with Gasteiger partial charge in [0.2, 0.25) is 0 Å². The van der Waals surface area contributed by atoms with Gasteiger partial charge in [-0.3, -0.25) is 0 Å². The summed E-state index contributed by atoms with van der Waals surface area (Å²) in [7, 11) is 0. The van der Waals surface area contributed by atoms with Crippen LogP contribution in [0.2, 0.25) is 0 Å². The van der Waals surface area contributed by atoms with E-state index in [1.165, 1.54) is 180 Å². The summed E-state index contributed by atoms with van der Waals surface area (Å²) < 4.78 is 5.08. The Morgan fingerprint density at radius 1 is 0.500 bits per heavy atom. The third-order valence-electron chi connectivity index (χ3n) is 8.93. The smallest absolute Gasteiger partial charge is 0.333 e. The quantitative estimate of drug-likeness (QED) is 0.0428. The molecule has 0 spiro atoms. The molecule has 272 valence electrons. The lowest BCUT2D eigenvalue weighted by Gasteiger charge is -2.05. The summed E-state index contributed by atoms with van der Waals surface area (Å²) >= 11 is 0. The number of unbranched alkanes of at least 4 members (excludes halogenated alkanes) is 29. The van der Waals surface area contributed by atoms with Crippen LogP contribution in [0.3, 0.4) is 0 Å². The number of carbonyl (C=O) groups excluding carboxylic acids is 1. The van der Waals surface area contributed by atoms with E-state index in [9.17, 15) is 9.59 Å². The van der Waals surface area contributed by atoms with E-state index in [2.05, 4.69) is 20.4 Å². The minimum Gasteiger partial charge on any atom is -0.478 e. The molecule has 0 saturated carbocycles. The molecule has 0 rings (SSSR count). The number of allylic oxidation sites excluding steroid dienone is 1. The highest BCUT2D eigenvalue weighted by Crippen LogP contribution is 2.15. The van der Waals surface area contributed by atoms with Crippen LogP contribution >= 0.6 is 0 Å². The van der Waals surface area contributed by atoms with Gasteiger partial charge in [-0.2, -0.15) is 0 Å². The van der Waals surface area contributed by atoms with Gasteiger partial charge in [0, 0.05) is 11.1 Å². The fourth-order valence-electron chi connectivity index (χ4n) is 5.68. The van der Waals surface area contributed by atoms with E-state index in [1.807, 2.05) is 6.08 Å². The van der Waals surface area contributed by atoms with Crippen molar-refractivity contribution in [3.05, 3.63) is 23.8 Å². The predicted molar refractivity (Wildman–Crippen MR) is 202 cm³/mol. The number of carbonyl (C=O) groups is 2. The third kappa shape index (κ3) is 40.4. The Labute approximate surface area is 288 Å². The zero-order chi connectivity index (χ0) is 34.4. The Morgan fingerprint density at radius 2 is 0.783 bits per heavy atom. The summed E-state index contributed by atoms with van der Waals surface area (Å²) in [6, 6.07) is 0. The van der Waals surface area contributed by atoms with Crippen molar-refractivity contribution in [2.45, 2.75) is 227 Å². The molecule has 0 aromatic heterocycles. The van der Waals surface area contributed by atoms with E-state index in [-0.39, 0.29) is 5.97 Å². The average molecular weight is 649 g/mol. The maximum atomic E-state index is 11.2. The average Bonchev–Trinajstić information content (AvgIpc) is 3.04. The second-order valence-corrected chi connectivity index (χ2v) is 13.8. The van der Waals surface area contributed by atoms with E-state index < -0.39 is 5.97 Å². The van der Waals surface area contributed by atoms with Crippen LogP contribution in [-0.4, -0.2) is 23.7 Å². The highest BCUT2D eigenvalue weighted by molar-refractivity contribution is 5.87.